The van der Waals surface area contributed by atoms with Crippen molar-refractivity contribution in [2.45, 2.75) is 96.9 Å². The van der Waals surface area contributed by atoms with Gasteiger partial charge in [-0.15, -0.1) is 0 Å². The first-order valence-corrected chi connectivity index (χ1v) is 11.1. The number of rotatable bonds is 2. The molecule has 0 spiro atoms. The topological polar surface area (TPSA) is 63.6 Å². The molecule has 0 heterocycles. The molecule has 0 bridgehead atoms. The maximum atomic E-state index is 15.6. The predicted octanol–water partition coefficient (Wildman–Crippen LogP) is 4.23. The monoisotopic (exact) mass is 394 g/mol. The zero-order valence-electron chi connectivity index (χ0n) is 17.7. The zero-order valence-corrected chi connectivity index (χ0v) is 17.7. The average Bonchev–Trinajstić information content (AvgIpc) is 2.95. The number of hydrogen-bond acceptors (Lipinski definition) is 4. The molecule has 0 aromatic rings. The van der Waals surface area contributed by atoms with Crippen molar-refractivity contribution in [2.75, 3.05) is 0 Å². The van der Waals surface area contributed by atoms with Crippen LogP contribution in [0.3, 0.4) is 0 Å². The first-order chi connectivity index (χ1) is 13.0. The number of hydrogen-bond donors (Lipinski definition) is 1. The van der Waals surface area contributed by atoms with E-state index < -0.39 is 23.3 Å². The fraction of sp³-hybridized carbons (Fsp3) is 0.913. The van der Waals surface area contributed by atoms with E-state index in [9.17, 15) is 14.7 Å². The van der Waals surface area contributed by atoms with E-state index in [0.29, 0.717) is 25.2 Å². The molecule has 0 aromatic carbocycles. The van der Waals surface area contributed by atoms with E-state index in [-0.39, 0.29) is 41.3 Å². The van der Waals surface area contributed by atoms with Gasteiger partial charge >= 0.3 is 5.97 Å². The number of alkyl halides is 1. The highest BCUT2D eigenvalue weighted by Gasteiger charge is 2.68. The van der Waals surface area contributed by atoms with Gasteiger partial charge in [-0.05, 0) is 75.0 Å². The van der Waals surface area contributed by atoms with Crippen molar-refractivity contribution >= 4 is 11.8 Å². The van der Waals surface area contributed by atoms with Crippen LogP contribution in [0.2, 0.25) is 0 Å². The Labute approximate surface area is 167 Å². The van der Waals surface area contributed by atoms with Crippen LogP contribution >= 0.6 is 0 Å². The lowest BCUT2D eigenvalue weighted by Crippen LogP contribution is -2.67. The summed E-state index contributed by atoms with van der Waals surface area (Å²) in [5, 5.41) is 11.6. The van der Waals surface area contributed by atoms with Crippen molar-refractivity contribution in [1.82, 2.24) is 0 Å². The van der Waals surface area contributed by atoms with Gasteiger partial charge in [0, 0.05) is 24.7 Å². The molecule has 4 saturated carbocycles. The minimum atomic E-state index is -1.43. The number of Topliss-reactive ketones (excluding diaryl/α,β-unsaturated/α-hetero) is 1. The van der Waals surface area contributed by atoms with Crippen LogP contribution in [0.25, 0.3) is 0 Å². The highest BCUT2D eigenvalue weighted by Crippen LogP contribution is 2.68. The molecule has 0 aliphatic heterocycles. The van der Waals surface area contributed by atoms with Gasteiger partial charge in [0.25, 0.3) is 0 Å². The third-order valence-corrected chi connectivity index (χ3v) is 9.59. The summed E-state index contributed by atoms with van der Waals surface area (Å²) >= 11 is 0. The molecule has 0 amide bonds. The van der Waals surface area contributed by atoms with Gasteiger partial charge in [0.2, 0.25) is 0 Å². The number of halogens is 1. The highest BCUT2D eigenvalue weighted by atomic mass is 19.1. The molecule has 0 unspecified atom stereocenters. The van der Waals surface area contributed by atoms with Crippen LogP contribution in [0, 0.1) is 34.5 Å². The lowest BCUT2D eigenvalue weighted by Gasteiger charge is -2.64. The van der Waals surface area contributed by atoms with Gasteiger partial charge in [-0.25, -0.2) is 4.39 Å². The number of ketones is 1. The molecule has 4 aliphatic rings. The van der Waals surface area contributed by atoms with Crippen molar-refractivity contribution in [2.24, 2.45) is 34.5 Å². The predicted molar refractivity (Wildman–Crippen MR) is 103 cm³/mol. The van der Waals surface area contributed by atoms with Crippen molar-refractivity contribution in [1.29, 1.82) is 0 Å². The first-order valence-electron chi connectivity index (χ1n) is 11.1. The van der Waals surface area contributed by atoms with Gasteiger partial charge in [-0.1, -0.05) is 13.8 Å². The molecular weight excluding hydrogens is 359 g/mol. The van der Waals surface area contributed by atoms with Gasteiger partial charge in [-0.2, -0.15) is 0 Å². The van der Waals surface area contributed by atoms with E-state index in [0.717, 1.165) is 25.7 Å². The molecule has 0 aromatic heterocycles. The second kappa shape index (κ2) is 6.52. The van der Waals surface area contributed by atoms with E-state index in [4.69, 9.17) is 4.74 Å². The van der Waals surface area contributed by atoms with Gasteiger partial charge in [0.05, 0.1) is 0 Å². The number of ether oxygens (including phenoxy) is 1. The van der Waals surface area contributed by atoms with Gasteiger partial charge in [0.15, 0.2) is 0 Å². The summed E-state index contributed by atoms with van der Waals surface area (Å²) < 4.78 is 21.0. The normalized spacial score (nSPS) is 52.9. The summed E-state index contributed by atoms with van der Waals surface area (Å²) in [6, 6.07) is 0. The van der Waals surface area contributed by atoms with Crippen molar-refractivity contribution < 1.29 is 23.8 Å². The van der Waals surface area contributed by atoms with Gasteiger partial charge in [-0.3, -0.25) is 9.59 Å². The average molecular weight is 395 g/mol. The van der Waals surface area contributed by atoms with E-state index >= 15 is 4.39 Å². The molecule has 4 rings (SSSR count). The standard InChI is InChI=1S/C23H35FO4/c1-13(25)17-5-6-18-16-11-20(24)23(27)12-15(28-14(2)26)7-10-22(23,4)19(16)8-9-21(17,18)3/h15-20,27H,5-12H2,1-4H3/t15-,16-,17+,18-,19-,20+,21+,22+,23-/m0/s1. The summed E-state index contributed by atoms with van der Waals surface area (Å²) in [6.45, 7) is 7.40. The van der Waals surface area contributed by atoms with Gasteiger partial charge < -0.3 is 9.84 Å². The zero-order chi connectivity index (χ0) is 20.5. The molecular formula is C23H35FO4. The fourth-order valence-electron chi connectivity index (χ4n) is 8.20. The largest absolute Gasteiger partial charge is 0.462 e. The van der Waals surface area contributed by atoms with Crippen LogP contribution in [-0.2, 0) is 14.3 Å². The Morgan fingerprint density at radius 1 is 1.04 bits per heavy atom. The third kappa shape index (κ3) is 2.64. The van der Waals surface area contributed by atoms with E-state index in [2.05, 4.69) is 13.8 Å². The quantitative estimate of drug-likeness (QED) is 0.712. The Kier molecular flexibility index (Phi) is 4.73. The van der Waals surface area contributed by atoms with Crippen molar-refractivity contribution in [3.63, 3.8) is 0 Å². The molecule has 1 N–H and O–H groups in total. The van der Waals surface area contributed by atoms with Crippen LogP contribution in [0.4, 0.5) is 4.39 Å². The van der Waals surface area contributed by atoms with Crippen LogP contribution in [0.15, 0.2) is 0 Å². The SMILES string of the molecule is CC(=O)O[C@H]1CC[C@]2(C)[C@H]3CC[C@]4(C)[C@@H](C(C)=O)CC[C@H]4[C@@H]3C[C@@H](F)[C@@]2(O)C1. The molecule has 4 nitrogen and oxygen atoms in total. The lowest BCUT2D eigenvalue weighted by molar-refractivity contribution is -0.251. The van der Waals surface area contributed by atoms with Crippen molar-refractivity contribution in [3.05, 3.63) is 0 Å². The number of carbonyl (C=O) groups is 2. The number of carbonyl (C=O) groups excluding carboxylic acids is 2. The second-order valence-electron chi connectivity index (χ2n) is 10.7. The number of fused-ring (bicyclic) bond motifs is 5. The summed E-state index contributed by atoms with van der Waals surface area (Å²) in [7, 11) is 0. The summed E-state index contributed by atoms with van der Waals surface area (Å²) in [6.07, 6.45) is 4.09. The third-order valence-electron chi connectivity index (χ3n) is 9.59. The van der Waals surface area contributed by atoms with Crippen LogP contribution in [0.5, 0.6) is 0 Å². The Morgan fingerprint density at radius 2 is 1.75 bits per heavy atom. The summed E-state index contributed by atoms with van der Waals surface area (Å²) in [5.41, 5.74) is -1.95. The number of esters is 1. The molecule has 0 saturated heterocycles. The van der Waals surface area contributed by atoms with E-state index in [1.54, 1.807) is 6.92 Å². The molecule has 158 valence electrons. The minimum Gasteiger partial charge on any atom is -0.462 e. The molecule has 4 aliphatic carbocycles. The maximum absolute atomic E-state index is 15.6. The molecule has 5 heteroatoms. The Hall–Kier alpha value is -0.970. The highest BCUT2D eigenvalue weighted by molar-refractivity contribution is 5.79. The number of aliphatic hydroxyl groups is 1. The summed E-state index contributed by atoms with van der Waals surface area (Å²) in [5.74, 6) is 0.882. The summed E-state index contributed by atoms with van der Waals surface area (Å²) in [4.78, 5) is 23.6. The minimum absolute atomic E-state index is 0.0204. The second-order valence-corrected chi connectivity index (χ2v) is 10.7. The molecule has 0 radical (unpaired) electrons. The van der Waals surface area contributed by atoms with Gasteiger partial charge in [0.1, 0.15) is 23.7 Å². The molecule has 28 heavy (non-hydrogen) atoms. The molecule has 4 fully saturated rings. The van der Waals surface area contributed by atoms with Crippen LogP contribution in [-0.4, -0.2) is 34.7 Å². The van der Waals surface area contributed by atoms with Crippen LogP contribution < -0.4 is 0 Å². The van der Waals surface area contributed by atoms with E-state index in [1.807, 2.05) is 0 Å². The Balaban J connectivity index is 1.63. The first kappa shape index (κ1) is 20.3. The lowest BCUT2D eigenvalue weighted by atomic mass is 9.42. The smallest absolute Gasteiger partial charge is 0.302 e. The van der Waals surface area contributed by atoms with E-state index in [1.165, 1.54) is 6.92 Å². The molecule has 9 atom stereocenters. The Morgan fingerprint density at radius 3 is 2.39 bits per heavy atom. The van der Waals surface area contributed by atoms with Crippen LogP contribution in [0.1, 0.15) is 79.1 Å². The fourth-order valence-corrected chi connectivity index (χ4v) is 8.20. The maximum Gasteiger partial charge on any atom is 0.302 e. The van der Waals surface area contributed by atoms with Crippen molar-refractivity contribution in [3.8, 4) is 0 Å². The Bertz CT molecular complexity index is 680.